The molecule has 0 aliphatic heterocycles. The molecular formula is C38H67NO10. The molecular weight excluding hydrogens is 630 g/mol. The predicted molar refractivity (Wildman–Crippen MR) is 187 cm³/mol. The zero-order valence-corrected chi connectivity index (χ0v) is 31.3. The van der Waals surface area contributed by atoms with Gasteiger partial charge in [0.2, 0.25) is 0 Å². The van der Waals surface area contributed by atoms with Crippen molar-refractivity contribution in [3.05, 3.63) is 0 Å². The third kappa shape index (κ3) is 16.9. The average Bonchev–Trinajstić information content (AvgIpc) is 3.05. The van der Waals surface area contributed by atoms with Crippen LogP contribution in [0.2, 0.25) is 0 Å². The Morgan fingerprint density at radius 3 is 1.88 bits per heavy atom. The molecule has 11 heteroatoms. The van der Waals surface area contributed by atoms with Gasteiger partial charge in [-0.25, -0.2) is 4.79 Å². The number of carbonyl (C=O) groups excluding carboxylic acids is 4. The van der Waals surface area contributed by atoms with Crippen LogP contribution in [0.25, 0.3) is 0 Å². The monoisotopic (exact) mass is 697 g/mol. The first-order valence-corrected chi connectivity index (χ1v) is 19.1. The van der Waals surface area contributed by atoms with Crippen LogP contribution in [-0.4, -0.2) is 93.3 Å². The van der Waals surface area contributed by atoms with E-state index < -0.39 is 24.1 Å². The van der Waals surface area contributed by atoms with Crippen LogP contribution < -0.4 is 0 Å². The van der Waals surface area contributed by atoms with Crippen LogP contribution in [0.1, 0.15) is 131 Å². The topological polar surface area (TPSA) is 138 Å². The van der Waals surface area contributed by atoms with Gasteiger partial charge < -0.3 is 33.7 Å². The quantitative estimate of drug-likeness (QED) is 0.0608. The number of ether oxygens (including phenoxy) is 5. The van der Waals surface area contributed by atoms with E-state index in [-0.39, 0.29) is 63.0 Å². The standard InChI is InChI=1S/C38H67NO10/c1-6-9-10-11-12-18-45-33(41)15-13-16-34(42)47-27-38(26-40,29-49-36(44)46-19-14-17-39(7-2)8-3)28-48-35(43)25-37-22-30(4)20-32(24-37)21-31(5)23-37/h30-32,40H,6-29H2,1-5H3. The number of hydrogen-bond donors (Lipinski definition) is 1. The van der Waals surface area contributed by atoms with Crippen LogP contribution in [-0.2, 0) is 38.1 Å². The van der Waals surface area contributed by atoms with Crippen LogP contribution in [0.3, 0.4) is 0 Å². The smallest absolute Gasteiger partial charge is 0.466 e. The van der Waals surface area contributed by atoms with Crippen LogP contribution in [0, 0.1) is 28.6 Å². The molecule has 0 heterocycles. The SMILES string of the molecule is CCCCCCCOC(=O)CCCC(=O)OCC(CO)(COC(=O)CC12CC(C)CC(CC(C)C1)C2)COC(=O)OCCCN(CC)CC. The van der Waals surface area contributed by atoms with Crippen molar-refractivity contribution in [1.29, 1.82) is 0 Å². The maximum atomic E-state index is 13.3. The minimum atomic E-state index is -1.37. The molecule has 3 atom stereocenters. The fraction of sp³-hybridized carbons (Fsp3) is 0.895. The van der Waals surface area contributed by atoms with Gasteiger partial charge in [-0.3, -0.25) is 14.4 Å². The van der Waals surface area contributed by atoms with Crippen LogP contribution in [0.5, 0.6) is 0 Å². The Labute approximate surface area is 295 Å². The molecule has 0 aromatic heterocycles. The fourth-order valence-corrected chi connectivity index (χ4v) is 7.86. The number of rotatable bonds is 25. The molecule has 0 aromatic rings. The first kappa shape index (κ1) is 42.8. The van der Waals surface area contributed by atoms with Gasteiger partial charge in [0.1, 0.15) is 19.8 Å². The number of fused-ring (bicyclic) bond motifs is 2. The summed E-state index contributed by atoms with van der Waals surface area (Å²) in [5.41, 5.74) is -1.46. The molecule has 0 radical (unpaired) electrons. The minimum absolute atomic E-state index is 0.0254. The van der Waals surface area contributed by atoms with Gasteiger partial charge in [0, 0.05) is 19.4 Å². The zero-order valence-electron chi connectivity index (χ0n) is 31.3. The predicted octanol–water partition coefficient (Wildman–Crippen LogP) is 6.86. The molecule has 0 saturated heterocycles. The number of aliphatic hydroxyl groups is 1. The van der Waals surface area contributed by atoms with Crippen molar-refractivity contribution in [3.8, 4) is 0 Å². The molecule has 2 aliphatic carbocycles. The Morgan fingerprint density at radius 2 is 1.27 bits per heavy atom. The summed E-state index contributed by atoms with van der Waals surface area (Å²) in [7, 11) is 0. The molecule has 2 bridgehead atoms. The van der Waals surface area contributed by atoms with Crippen molar-refractivity contribution in [3.63, 3.8) is 0 Å². The van der Waals surface area contributed by atoms with E-state index in [9.17, 15) is 24.3 Å². The number of aliphatic hydroxyl groups excluding tert-OH is 1. The van der Waals surface area contributed by atoms with Gasteiger partial charge in [0.25, 0.3) is 0 Å². The molecule has 2 aliphatic rings. The molecule has 0 aromatic carbocycles. The summed E-state index contributed by atoms with van der Waals surface area (Å²) < 4.78 is 27.1. The molecule has 49 heavy (non-hydrogen) atoms. The Morgan fingerprint density at radius 1 is 0.694 bits per heavy atom. The molecule has 11 nitrogen and oxygen atoms in total. The van der Waals surface area contributed by atoms with Crippen molar-refractivity contribution >= 4 is 24.1 Å². The maximum absolute atomic E-state index is 13.3. The van der Waals surface area contributed by atoms with Gasteiger partial charge in [-0.1, -0.05) is 60.3 Å². The van der Waals surface area contributed by atoms with Gasteiger partial charge in [0.05, 0.1) is 31.7 Å². The minimum Gasteiger partial charge on any atom is -0.466 e. The van der Waals surface area contributed by atoms with Crippen LogP contribution in [0.4, 0.5) is 4.79 Å². The van der Waals surface area contributed by atoms with E-state index in [1.54, 1.807) is 0 Å². The Balaban J connectivity index is 1.92. The number of carbonyl (C=O) groups is 4. The lowest BCUT2D eigenvalue weighted by atomic mass is 9.56. The van der Waals surface area contributed by atoms with Crippen molar-refractivity contribution in [1.82, 2.24) is 4.90 Å². The van der Waals surface area contributed by atoms with Crippen molar-refractivity contribution in [2.24, 2.45) is 28.6 Å². The van der Waals surface area contributed by atoms with E-state index in [0.717, 1.165) is 64.6 Å². The second-order valence-corrected chi connectivity index (χ2v) is 15.1. The number of nitrogens with zero attached hydrogens (tertiary/aromatic N) is 1. The van der Waals surface area contributed by atoms with Crippen LogP contribution >= 0.6 is 0 Å². The summed E-state index contributed by atoms with van der Waals surface area (Å²) in [5.74, 6) is 0.439. The van der Waals surface area contributed by atoms with Crippen molar-refractivity contribution < 1.29 is 48.0 Å². The van der Waals surface area contributed by atoms with Gasteiger partial charge >= 0.3 is 24.1 Å². The lowest BCUT2D eigenvalue weighted by molar-refractivity contribution is -0.162. The van der Waals surface area contributed by atoms with E-state index >= 15 is 0 Å². The van der Waals surface area contributed by atoms with Crippen molar-refractivity contribution in [2.75, 3.05) is 59.3 Å². The van der Waals surface area contributed by atoms with Gasteiger partial charge in [0.15, 0.2) is 0 Å². The van der Waals surface area contributed by atoms with E-state index in [1.165, 1.54) is 19.3 Å². The van der Waals surface area contributed by atoms with E-state index in [4.69, 9.17) is 23.7 Å². The molecule has 284 valence electrons. The molecule has 0 spiro atoms. The average molecular weight is 698 g/mol. The Bertz CT molecular complexity index is 966. The second kappa shape index (κ2) is 23.1. The first-order chi connectivity index (χ1) is 23.5. The van der Waals surface area contributed by atoms with E-state index in [1.807, 2.05) is 0 Å². The second-order valence-electron chi connectivity index (χ2n) is 15.1. The summed E-state index contributed by atoms with van der Waals surface area (Å²) in [6.07, 6.45) is 11.0. The number of esters is 3. The van der Waals surface area contributed by atoms with Gasteiger partial charge in [-0.2, -0.15) is 0 Å². The molecule has 2 rings (SSSR count). The Kier molecular flexibility index (Phi) is 20.2. The largest absolute Gasteiger partial charge is 0.508 e. The molecule has 1 N–H and O–H groups in total. The number of hydrogen-bond acceptors (Lipinski definition) is 11. The van der Waals surface area contributed by atoms with Gasteiger partial charge in [-0.15, -0.1) is 0 Å². The Hall–Kier alpha value is -2.40. The summed E-state index contributed by atoms with van der Waals surface area (Å²) in [5, 5.41) is 10.5. The third-order valence-corrected chi connectivity index (χ3v) is 10.2. The van der Waals surface area contributed by atoms with Crippen molar-refractivity contribution in [2.45, 2.75) is 131 Å². The highest BCUT2D eigenvalue weighted by atomic mass is 16.7. The molecule has 3 unspecified atom stereocenters. The highest BCUT2D eigenvalue weighted by Crippen LogP contribution is 2.54. The van der Waals surface area contributed by atoms with Gasteiger partial charge in [-0.05, 0) is 87.6 Å². The molecule has 2 fully saturated rings. The first-order valence-electron chi connectivity index (χ1n) is 19.1. The highest BCUT2D eigenvalue weighted by molar-refractivity contribution is 5.72. The number of unbranched alkanes of at least 4 members (excludes halogenated alkanes) is 4. The lowest BCUT2D eigenvalue weighted by Gasteiger charge is -2.49. The normalized spacial score (nSPS) is 23.0. The third-order valence-electron chi connectivity index (χ3n) is 10.2. The molecule has 2 saturated carbocycles. The fourth-order valence-electron chi connectivity index (χ4n) is 7.86. The summed E-state index contributed by atoms with van der Waals surface area (Å²) >= 11 is 0. The summed E-state index contributed by atoms with van der Waals surface area (Å²) in [4.78, 5) is 52.7. The summed E-state index contributed by atoms with van der Waals surface area (Å²) in [6, 6.07) is 0. The zero-order chi connectivity index (χ0) is 36.1. The van der Waals surface area contributed by atoms with E-state index in [0.29, 0.717) is 37.2 Å². The molecule has 0 amide bonds. The maximum Gasteiger partial charge on any atom is 0.508 e. The van der Waals surface area contributed by atoms with E-state index in [2.05, 4.69) is 39.5 Å². The lowest BCUT2D eigenvalue weighted by Crippen LogP contribution is -2.44. The summed E-state index contributed by atoms with van der Waals surface area (Å²) in [6.45, 7) is 12.4. The van der Waals surface area contributed by atoms with Crippen LogP contribution in [0.15, 0.2) is 0 Å². The highest BCUT2D eigenvalue weighted by Gasteiger charge is 2.46.